The van der Waals surface area contributed by atoms with Gasteiger partial charge in [0.15, 0.2) is 11.4 Å². The van der Waals surface area contributed by atoms with Gasteiger partial charge < -0.3 is 14.8 Å². The van der Waals surface area contributed by atoms with Crippen LogP contribution in [0, 0.1) is 0 Å². The molecule has 6 nitrogen and oxygen atoms in total. The van der Waals surface area contributed by atoms with Crippen molar-refractivity contribution in [1.29, 1.82) is 0 Å². The lowest BCUT2D eigenvalue weighted by Crippen LogP contribution is -2.44. The summed E-state index contributed by atoms with van der Waals surface area (Å²) in [5, 5.41) is 7.75. The third-order valence-electron chi connectivity index (χ3n) is 6.03. The largest absolute Gasteiger partial charge is 0.493 e. The number of alkyl halides is 3. The number of benzene rings is 2. The molecule has 2 heterocycles. The van der Waals surface area contributed by atoms with Crippen LogP contribution in [0.2, 0.25) is 5.02 Å². The summed E-state index contributed by atoms with van der Waals surface area (Å²) in [6.07, 6.45) is -1.72. The van der Waals surface area contributed by atoms with Gasteiger partial charge in [-0.25, -0.2) is 4.68 Å². The van der Waals surface area contributed by atoms with E-state index in [1.54, 1.807) is 6.07 Å². The van der Waals surface area contributed by atoms with Crippen molar-refractivity contribution in [2.24, 2.45) is 0 Å². The van der Waals surface area contributed by atoms with Gasteiger partial charge >= 0.3 is 6.18 Å². The number of rotatable bonds is 6. The number of nitrogens with zero attached hydrogens (tertiary/aromatic N) is 2. The minimum Gasteiger partial charge on any atom is -0.493 e. The van der Waals surface area contributed by atoms with Crippen LogP contribution in [0.4, 0.5) is 13.2 Å². The van der Waals surface area contributed by atoms with Crippen molar-refractivity contribution in [3.8, 4) is 11.4 Å². The minimum absolute atomic E-state index is 0.0202. The third-order valence-corrected chi connectivity index (χ3v) is 6.26. The molecule has 1 N–H and O–H groups in total. The number of halogens is 4. The van der Waals surface area contributed by atoms with Crippen LogP contribution < -0.4 is 10.1 Å². The molecule has 0 bridgehead atoms. The topological polar surface area (TPSA) is 65.4 Å². The maximum Gasteiger partial charge on any atom is 0.416 e. The van der Waals surface area contributed by atoms with Crippen molar-refractivity contribution >= 4 is 17.5 Å². The Balaban J connectivity index is 1.58. The van der Waals surface area contributed by atoms with E-state index < -0.39 is 17.6 Å². The Labute approximate surface area is 199 Å². The smallest absolute Gasteiger partial charge is 0.416 e. The molecule has 180 valence electrons. The normalized spacial score (nSPS) is 15.7. The van der Waals surface area contributed by atoms with E-state index in [0.717, 1.165) is 17.7 Å². The fourth-order valence-corrected chi connectivity index (χ4v) is 4.29. The zero-order chi connectivity index (χ0) is 24.3. The highest BCUT2D eigenvalue weighted by Crippen LogP contribution is 2.36. The van der Waals surface area contributed by atoms with Gasteiger partial charge in [-0.3, -0.25) is 4.79 Å². The Morgan fingerprint density at radius 3 is 2.62 bits per heavy atom. The molecule has 1 amide bonds. The standard InChI is InChI=1S/C24H23ClF3N3O3/c1-33-20-14-31(19-7-3-5-17(13-19)24(26,27)28)30-21(20)22(32)29-15-23(8-10-34-11-9-23)16-4-2-6-18(25)12-16/h2-7,12-14H,8-11,15H2,1H3,(H,29,32). The van der Waals surface area contributed by atoms with Gasteiger partial charge in [-0.05, 0) is 48.7 Å². The number of ether oxygens (including phenoxy) is 2. The van der Waals surface area contributed by atoms with E-state index >= 15 is 0 Å². The average molecular weight is 494 g/mol. The van der Waals surface area contributed by atoms with E-state index in [4.69, 9.17) is 21.1 Å². The highest BCUT2D eigenvalue weighted by molar-refractivity contribution is 6.30. The quantitative estimate of drug-likeness (QED) is 0.523. The molecule has 4 rings (SSSR count). The van der Waals surface area contributed by atoms with Crippen LogP contribution >= 0.6 is 11.6 Å². The second-order valence-corrected chi connectivity index (χ2v) is 8.56. The van der Waals surface area contributed by atoms with E-state index in [-0.39, 0.29) is 22.5 Å². The fraction of sp³-hybridized carbons (Fsp3) is 0.333. The van der Waals surface area contributed by atoms with Gasteiger partial charge in [0.25, 0.3) is 5.91 Å². The number of carbonyl (C=O) groups is 1. The zero-order valence-electron chi connectivity index (χ0n) is 18.4. The van der Waals surface area contributed by atoms with E-state index in [1.807, 2.05) is 18.2 Å². The van der Waals surface area contributed by atoms with Crippen LogP contribution in [-0.2, 0) is 16.3 Å². The molecular formula is C24H23ClF3N3O3. The first-order valence-electron chi connectivity index (χ1n) is 10.7. The van der Waals surface area contributed by atoms with Crippen LogP contribution in [-0.4, -0.2) is 42.6 Å². The summed E-state index contributed by atoms with van der Waals surface area (Å²) >= 11 is 6.21. The monoisotopic (exact) mass is 493 g/mol. The number of amides is 1. The number of hydrogen-bond donors (Lipinski definition) is 1. The Morgan fingerprint density at radius 1 is 1.21 bits per heavy atom. The van der Waals surface area contributed by atoms with Crippen LogP contribution in [0.5, 0.6) is 5.75 Å². The number of hydrogen-bond acceptors (Lipinski definition) is 4. The van der Waals surface area contributed by atoms with E-state index in [9.17, 15) is 18.0 Å². The maximum absolute atomic E-state index is 13.1. The molecule has 1 aromatic heterocycles. The van der Waals surface area contributed by atoms with Crippen molar-refractivity contribution in [3.63, 3.8) is 0 Å². The highest BCUT2D eigenvalue weighted by atomic mass is 35.5. The minimum atomic E-state index is -4.49. The van der Waals surface area contributed by atoms with E-state index in [1.165, 1.54) is 30.1 Å². The number of aromatic nitrogens is 2. The molecule has 0 unspecified atom stereocenters. The Bertz CT molecular complexity index is 1170. The first kappa shape index (κ1) is 24.1. The predicted octanol–water partition coefficient (Wildman–Crippen LogP) is 5.03. The van der Waals surface area contributed by atoms with E-state index in [0.29, 0.717) is 37.6 Å². The maximum atomic E-state index is 13.1. The van der Waals surface area contributed by atoms with Gasteiger partial charge in [0, 0.05) is 30.2 Å². The number of methoxy groups -OCH3 is 1. The molecule has 2 aromatic carbocycles. The SMILES string of the molecule is COc1cn(-c2cccc(C(F)(F)F)c2)nc1C(=O)NCC1(c2cccc(Cl)c2)CCOCC1. The molecule has 1 aliphatic rings. The predicted molar refractivity (Wildman–Crippen MR) is 121 cm³/mol. The van der Waals surface area contributed by atoms with E-state index in [2.05, 4.69) is 10.4 Å². The molecular weight excluding hydrogens is 471 g/mol. The van der Waals surface area contributed by atoms with Gasteiger partial charge in [-0.15, -0.1) is 0 Å². The first-order valence-corrected chi connectivity index (χ1v) is 11.0. The molecule has 0 saturated carbocycles. The summed E-state index contributed by atoms with van der Waals surface area (Å²) in [6, 6.07) is 12.2. The summed E-state index contributed by atoms with van der Waals surface area (Å²) in [7, 11) is 1.37. The van der Waals surface area contributed by atoms with Crippen molar-refractivity contribution in [1.82, 2.24) is 15.1 Å². The third kappa shape index (κ3) is 5.05. The fourth-order valence-electron chi connectivity index (χ4n) is 4.10. The van der Waals surface area contributed by atoms with Crippen LogP contribution in [0.1, 0.15) is 34.5 Å². The summed E-state index contributed by atoms with van der Waals surface area (Å²) < 4.78 is 51.3. The highest BCUT2D eigenvalue weighted by Gasteiger charge is 2.36. The van der Waals surface area contributed by atoms with Gasteiger partial charge in [-0.1, -0.05) is 29.8 Å². The lowest BCUT2D eigenvalue weighted by atomic mass is 9.74. The number of nitrogens with one attached hydrogen (secondary N) is 1. The van der Waals surface area contributed by atoms with Gasteiger partial charge in [0.2, 0.25) is 0 Å². The van der Waals surface area contributed by atoms with Crippen LogP contribution in [0.3, 0.4) is 0 Å². The molecule has 0 atom stereocenters. The van der Waals surface area contributed by atoms with Crippen molar-refractivity contribution in [2.75, 3.05) is 26.9 Å². The van der Waals surface area contributed by atoms with Crippen molar-refractivity contribution in [2.45, 2.75) is 24.4 Å². The molecule has 0 aliphatic carbocycles. The first-order chi connectivity index (χ1) is 16.2. The molecule has 3 aromatic rings. The Morgan fingerprint density at radius 2 is 1.94 bits per heavy atom. The molecule has 0 spiro atoms. The molecule has 10 heteroatoms. The van der Waals surface area contributed by atoms with Gasteiger partial charge in [0.05, 0.1) is 24.6 Å². The molecule has 34 heavy (non-hydrogen) atoms. The molecule has 0 radical (unpaired) electrons. The van der Waals surface area contributed by atoms with Crippen LogP contribution in [0.25, 0.3) is 5.69 Å². The Kier molecular flexibility index (Phi) is 6.86. The molecule has 1 saturated heterocycles. The summed E-state index contributed by atoms with van der Waals surface area (Å²) in [4.78, 5) is 13.1. The summed E-state index contributed by atoms with van der Waals surface area (Å²) in [5.74, 6) is -0.339. The Hall–Kier alpha value is -3.04. The average Bonchev–Trinajstić information content (AvgIpc) is 3.27. The molecule has 1 fully saturated rings. The number of carbonyl (C=O) groups excluding carboxylic acids is 1. The summed E-state index contributed by atoms with van der Waals surface area (Å²) in [6.45, 7) is 1.42. The van der Waals surface area contributed by atoms with Gasteiger partial charge in [-0.2, -0.15) is 18.3 Å². The second-order valence-electron chi connectivity index (χ2n) is 8.12. The van der Waals surface area contributed by atoms with Gasteiger partial charge in [0.1, 0.15) is 0 Å². The lowest BCUT2D eigenvalue weighted by Gasteiger charge is -2.38. The second kappa shape index (κ2) is 9.68. The summed E-state index contributed by atoms with van der Waals surface area (Å²) in [5.41, 5.74) is -0.0333. The zero-order valence-corrected chi connectivity index (χ0v) is 19.1. The molecule has 1 aliphatic heterocycles. The van der Waals surface area contributed by atoms with Crippen molar-refractivity contribution < 1.29 is 27.4 Å². The van der Waals surface area contributed by atoms with Crippen LogP contribution in [0.15, 0.2) is 54.7 Å². The van der Waals surface area contributed by atoms with Crippen molar-refractivity contribution in [3.05, 3.63) is 76.6 Å². The lowest BCUT2D eigenvalue weighted by molar-refractivity contribution is -0.137.